The van der Waals surface area contributed by atoms with Crippen LogP contribution >= 0.6 is 0 Å². The first-order valence-corrected chi connectivity index (χ1v) is 7.12. The van der Waals surface area contributed by atoms with Crippen molar-refractivity contribution in [3.63, 3.8) is 0 Å². The van der Waals surface area contributed by atoms with Crippen molar-refractivity contribution < 1.29 is 19.0 Å². The third-order valence-electron chi connectivity index (χ3n) is 3.11. The number of carbonyl (C=O) groups excluding carboxylic acids is 1. The molecule has 1 unspecified atom stereocenters. The van der Waals surface area contributed by atoms with Crippen LogP contribution in [0, 0.1) is 11.2 Å². The molecule has 21 heavy (non-hydrogen) atoms. The molecule has 0 heterocycles. The number of aliphatic hydroxyl groups is 1. The molecule has 4 nitrogen and oxygen atoms in total. The average molecular weight is 297 g/mol. The molecule has 0 aromatic heterocycles. The third kappa shape index (κ3) is 7.09. The summed E-state index contributed by atoms with van der Waals surface area (Å²) in [5.41, 5.74) is -0.256. The van der Waals surface area contributed by atoms with Gasteiger partial charge in [0.2, 0.25) is 5.91 Å². The molecule has 2 N–H and O–H groups in total. The molecule has 0 saturated carbocycles. The van der Waals surface area contributed by atoms with Crippen LogP contribution in [-0.2, 0) is 4.79 Å². The van der Waals surface area contributed by atoms with Crippen LogP contribution in [0.3, 0.4) is 0 Å². The zero-order valence-electron chi connectivity index (χ0n) is 12.9. The molecule has 5 heteroatoms. The van der Waals surface area contributed by atoms with Gasteiger partial charge in [-0.15, -0.1) is 0 Å². The molecule has 118 valence electrons. The maximum atomic E-state index is 12.9. The highest BCUT2D eigenvalue weighted by molar-refractivity contribution is 5.75. The van der Waals surface area contributed by atoms with Crippen molar-refractivity contribution in [1.82, 2.24) is 5.32 Å². The minimum atomic E-state index is -0.579. The van der Waals surface area contributed by atoms with Gasteiger partial charge in [0.25, 0.3) is 0 Å². The molecule has 0 saturated heterocycles. The number of halogens is 1. The molecule has 1 aromatic rings. The maximum absolute atomic E-state index is 12.9. The molecule has 1 rings (SSSR count). The fraction of sp³-hybridized carbons (Fsp3) is 0.562. The lowest BCUT2D eigenvalue weighted by Gasteiger charge is -2.25. The summed E-state index contributed by atoms with van der Waals surface area (Å²) in [4.78, 5) is 11.6. The summed E-state index contributed by atoms with van der Waals surface area (Å²) < 4.78 is 18.3. The maximum Gasteiger partial charge on any atom is 0.220 e. The highest BCUT2D eigenvalue weighted by Crippen LogP contribution is 2.18. The lowest BCUT2D eigenvalue weighted by atomic mass is 9.89. The van der Waals surface area contributed by atoms with Gasteiger partial charge >= 0.3 is 0 Å². The second-order valence-electron chi connectivity index (χ2n) is 6.10. The van der Waals surface area contributed by atoms with Crippen LogP contribution in [0.4, 0.5) is 4.39 Å². The van der Waals surface area contributed by atoms with E-state index in [-0.39, 0.29) is 23.7 Å². The Morgan fingerprint density at radius 2 is 2.14 bits per heavy atom. The van der Waals surface area contributed by atoms with Gasteiger partial charge in [0, 0.05) is 19.0 Å². The van der Waals surface area contributed by atoms with Crippen molar-refractivity contribution >= 4 is 5.91 Å². The zero-order chi connectivity index (χ0) is 15.9. The molecule has 0 bridgehead atoms. The monoisotopic (exact) mass is 297 g/mol. The second kappa shape index (κ2) is 7.98. The number of rotatable bonds is 7. The standard InChI is InChI=1S/C16H24FNO3/c1-16(2,3)14(19)11-18-15(20)8-5-9-21-13-7-4-6-12(17)10-13/h4,6-7,10,14,19H,5,8-9,11H2,1-3H3,(H,18,20). The molecule has 0 aliphatic heterocycles. The minimum Gasteiger partial charge on any atom is -0.493 e. The fourth-order valence-electron chi connectivity index (χ4n) is 1.58. The normalized spacial score (nSPS) is 12.8. The summed E-state index contributed by atoms with van der Waals surface area (Å²) >= 11 is 0. The first-order valence-electron chi connectivity index (χ1n) is 7.12. The van der Waals surface area contributed by atoms with Crippen LogP contribution in [0.1, 0.15) is 33.6 Å². The second-order valence-corrected chi connectivity index (χ2v) is 6.10. The Morgan fingerprint density at radius 1 is 1.43 bits per heavy atom. The predicted octanol–water partition coefficient (Wildman–Crippen LogP) is 2.51. The van der Waals surface area contributed by atoms with Crippen LogP contribution in [-0.4, -0.2) is 30.3 Å². The van der Waals surface area contributed by atoms with Crippen LogP contribution < -0.4 is 10.1 Å². The highest BCUT2D eigenvalue weighted by atomic mass is 19.1. The van der Waals surface area contributed by atoms with Gasteiger partial charge in [-0.3, -0.25) is 4.79 Å². The SMILES string of the molecule is CC(C)(C)C(O)CNC(=O)CCCOc1cccc(F)c1. The van der Waals surface area contributed by atoms with Crippen LogP contribution in [0.15, 0.2) is 24.3 Å². The van der Waals surface area contributed by atoms with Gasteiger partial charge in [0.05, 0.1) is 12.7 Å². The van der Waals surface area contributed by atoms with E-state index in [0.29, 0.717) is 25.2 Å². The van der Waals surface area contributed by atoms with E-state index in [1.807, 2.05) is 20.8 Å². The Labute approximate surface area is 125 Å². The molecule has 0 radical (unpaired) electrons. The van der Waals surface area contributed by atoms with E-state index in [0.717, 1.165) is 0 Å². The summed E-state index contributed by atoms with van der Waals surface area (Å²) in [7, 11) is 0. The summed E-state index contributed by atoms with van der Waals surface area (Å²) in [6, 6.07) is 5.90. The Kier molecular flexibility index (Phi) is 6.62. The first-order chi connectivity index (χ1) is 9.79. The molecular formula is C16H24FNO3. The number of hydrogen-bond acceptors (Lipinski definition) is 3. The van der Waals surface area contributed by atoms with Crippen molar-refractivity contribution in [3.05, 3.63) is 30.1 Å². The molecule has 0 spiro atoms. The van der Waals surface area contributed by atoms with E-state index >= 15 is 0 Å². The molecule has 0 aliphatic carbocycles. The summed E-state index contributed by atoms with van der Waals surface area (Å²) in [5.74, 6) is -0.0129. The zero-order valence-corrected chi connectivity index (χ0v) is 12.9. The summed E-state index contributed by atoms with van der Waals surface area (Å²) in [6.45, 7) is 6.33. The van der Waals surface area contributed by atoms with E-state index in [1.165, 1.54) is 12.1 Å². The molecule has 0 aliphatic rings. The van der Waals surface area contributed by atoms with Crippen molar-refractivity contribution in [2.24, 2.45) is 5.41 Å². The Hall–Kier alpha value is -1.62. The number of carbonyl (C=O) groups is 1. The predicted molar refractivity (Wildman–Crippen MR) is 79.6 cm³/mol. The van der Waals surface area contributed by atoms with Gasteiger partial charge in [0.1, 0.15) is 11.6 Å². The average Bonchev–Trinajstić information content (AvgIpc) is 2.40. The summed E-state index contributed by atoms with van der Waals surface area (Å²) in [6.07, 6.45) is 0.269. The fourth-order valence-corrected chi connectivity index (χ4v) is 1.58. The molecule has 1 aromatic carbocycles. The van der Waals surface area contributed by atoms with Crippen LogP contribution in [0.25, 0.3) is 0 Å². The Bertz CT molecular complexity index is 457. The molecule has 1 amide bonds. The van der Waals surface area contributed by atoms with E-state index in [1.54, 1.807) is 12.1 Å². The molecule has 1 atom stereocenters. The van der Waals surface area contributed by atoms with Gasteiger partial charge in [-0.25, -0.2) is 4.39 Å². The van der Waals surface area contributed by atoms with Crippen molar-refractivity contribution in [2.45, 2.75) is 39.7 Å². The number of aliphatic hydroxyl groups excluding tert-OH is 1. The quantitative estimate of drug-likeness (QED) is 0.760. The van der Waals surface area contributed by atoms with Crippen molar-refractivity contribution in [3.8, 4) is 5.75 Å². The number of hydrogen-bond donors (Lipinski definition) is 2. The van der Waals surface area contributed by atoms with E-state index in [9.17, 15) is 14.3 Å². The van der Waals surface area contributed by atoms with Gasteiger partial charge < -0.3 is 15.2 Å². The number of benzene rings is 1. The smallest absolute Gasteiger partial charge is 0.220 e. The summed E-state index contributed by atoms with van der Waals surface area (Å²) in [5, 5.41) is 12.5. The van der Waals surface area contributed by atoms with E-state index in [4.69, 9.17) is 4.74 Å². The minimum absolute atomic E-state index is 0.124. The van der Waals surface area contributed by atoms with Crippen molar-refractivity contribution in [1.29, 1.82) is 0 Å². The topological polar surface area (TPSA) is 58.6 Å². The lowest BCUT2D eigenvalue weighted by Crippen LogP contribution is -2.39. The van der Waals surface area contributed by atoms with Crippen LogP contribution in [0.5, 0.6) is 5.75 Å². The van der Waals surface area contributed by atoms with Gasteiger partial charge in [-0.1, -0.05) is 26.8 Å². The highest BCUT2D eigenvalue weighted by Gasteiger charge is 2.22. The van der Waals surface area contributed by atoms with Gasteiger partial charge in [-0.05, 0) is 24.0 Å². The largest absolute Gasteiger partial charge is 0.493 e. The van der Waals surface area contributed by atoms with Gasteiger partial charge in [-0.2, -0.15) is 0 Å². The number of amides is 1. The van der Waals surface area contributed by atoms with Gasteiger partial charge in [0.15, 0.2) is 0 Å². The van der Waals surface area contributed by atoms with Crippen LogP contribution in [0.2, 0.25) is 0 Å². The van der Waals surface area contributed by atoms with Crippen molar-refractivity contribution in [2.75, 3.05) is 13.2 Å². The Balaban J connectivity index is 2.16. The first kappa shape index (κ1) is 17.4. The third-order valence-corrected chi connectivity index (χ3v) is 3.11. The number of ether oxygens (including phenoxy) is 1. The number of nitrogens with one attached hydrogen (secondary N) is 1. The Morgan fingerprint density at radius 3 is 2.76 bits per heavy atom. The van der Waals surface area contributed by atoms with E-state index in [2.05, 4.69) is 5.32 Å². The van der Waals surface area contributed by atoms with E-state index < -0.39 is 6.10 Å². The lowest BCUT2D eigenvalue weighted by molar-refractivity contribution is -0.122. The molecular weight excluding hydrogens is 273 g/mol. The molecule has 0 fully saturated rings.